The van der Waals surface area contributed by atoms with E-state index in [-0.39, 0.29) is 0 Å². The molecule has 0 saturated carbocycles. The van der Waals surface area contributed by atoms with Crippen LogP contribution in [0.4, 0.5) is 8.78 Å². The van der Waals surface area contributed by atoms with E-state index in [9.17, 15) is 13.6 Å². The summed E-state index contributed by atoms with van der Waals surface area (Å²) in [5.41, 5.74) is 0.306. The van der Waals surface area contributed by atoms with Gasteiger partial charge in [-0.15, -0.1) is 0 Å². The molecule has 1 unspecified atom stereocenters. The van der Waals surface area contributed by atoms with Crippen LogP contribution in [0.3, 0.4) is 0 Å². The highest BCUT2D eigenvalue weighted by atomic mass is 19.3. The van der Waals surface area contributed by atoms with Crippen molar-refractivity contribution in [1.82, 2.24) is 9.78 Å². The Labute approximate surface area is 79.2 Å². The summed E-state index contributed by atoms with van der Waals surface area (Å²) < 4.78 is 25.5. The Kier molecular flexibility index (Phi) is 3.16. The fraction of sp³-hybridized carbons (Fsp3) is 0.500. The van der Waals surface area contributed by atoms with Gasteiger partial charge in [-0.3, -0.25) is 9.48 Å². The fourth-order valence-electron chi connectivity index (χ4n) is 1.18. The van der Waals surface area contributed by atoms with Crippen molar-refractivity contribution in [2.45, 2.75) is 18.8 Å². The number of rotatable bonds is 4. The smallest absolute Gasteiger partial charge is 0.311 e. The number of hydrogen-bond donors (Lipinski definition) is 1. The molecular weight excluding hydrogens is 194 g/mol. The zero-order valence-electron chi connectivity index (χ0n) is 7.52. The van der Waals surface area contributed by atoms with Crippen molar-refractivity contribution in [1.29, 1.82) is 0 Å². The third kappa shape index (κ3) is 2.51. The molecule has 0 amide bonds. The van der Waals surface area contributed by atoms with E-state index in [0.29, 0.717) is 5.56 Å². The van der Waals surface area contributed by atoms with Crippen LogP contribution in [0.15, 0.2) is 12.4 Å². The van der Waals surface area contributed by atoms with Crippen LogP contribution in [0.25, 0.3) is 0 Å². The molecule has 14 heavy (non-hydrogen) atoms. The second kappa shape index (κ2) is 4.17. The number of halogens is 2. The molecule has 0 fully saturated rings. The molecule has 0 bridgehead atoms. The lowest BCUT2D eigenvalue weighted by atomic mass is 9.99. The second-order valence-corrected chi connectivity index (χ2v) is 2.96. The van der Waals surface area contributed by atoms with Crippen LogP contribution in [0, 0.1) is 0 Å². The highest BCUT2D eigenvalue weighted by molar-refractivity contribution is 5.75. The van der Waals surface area contributed by atoms with Crippen LogP contribution in [-0.4, -0.2) is 27.3 Å². The number of aromatic nitrogens is 2. The summed E-state index contributed by atoms with van der Waals surface area (Å²) in [5, 5.41) is 12.5. The van der Waals surface area contributed by atoms with Gasteiger partial charge >= 0.3 is 5.97 Å². The number of carbonyl (C=O) groups is 1. The Bertz CT molecular complexity index is 325. The molecule has 0 saturated heterocycles. The van der Waals surface area contributed by atoms with E-state index < -0.39 is 24.7 Å². The number of hydrogen-bond acceptors (Lipinski definition) is 2. The molecular formula is C8H10F2N2O2. The van der Waals surface area contributed by atoms with Gasteiger partial charge in [0.05, 0.1) is 12.1 Å². The lowest BCUT2D eigenvalue weighted by Crippen LogP contribution is -2.14. The Hall–Kier alpha value is -1.46. The minimum absolute atomic E-state index is 0.306. The zero-order valence-corrected chi connectivity index (χ0v) is 7.52. The maximum Gasteiger partial charge on any atom is 0.311 e. The van der Waals surface area contributed by atoms with E-state index in [1.54, 1.807) is 7.05 Å². The maximum atomic E-state index is 12.0. The molecule has 0 radical (unpaired) electrons. The minimum atomic E-state index is -2.63. The molecule has 4 nitrogen and oxygen atoms in total. The van der Waals surface area contributed by atoms with Crippen LogP contribution in [0.2, 0.25) is 0 Å². The number of alkyl halides is 2. The molecule has 0 spiro atoms. The molecule has 0 aliphatic rings. The summed E-state index contributed by atoms with van der Waals surface area (Å²) in [5.74, 6) is -2.43. The van der Waals surface area contributed by atoms with Gasteiger partial charge in [-0.25, -0.2) is 8.78 Å². The molecule has 6 heteroatoms. The van der Waals surface area contributed by atoms with Gasteiger partial charge in [0.2, 0.25) is 6.43 Å². The fourth-order valence-corrected chi connectivity index (χ4v) is 1.18. The SMILES string of the molecule is Cn1cc(C(CC(F)F)C(=O)O)cn1. The molecule has 0 aliphatic carbocycles. The second-order valence-electron chi connectivity index (χ2n) is 2.96. The number of aryl methyl sites for hydroxylation is 1. The highest BCUT2D eigenvalue weighted by Crippen LogP contribution is 2.22. The minimum Gasteiger partial charge on any atom is -0.481 e. The largest absolute Gasteiger partial charge is 0.481 e. The topological polar surface area (TPSA) is 55.1 Å². The summed E-state index contributed by atoms with van der Waals surface area (Å²) in [6.07, 6.45) is -0.583. The molecule has 1 atom stereocenters. The summed E-state index contributed by atoms with van der Waals surface area (Å²) in [6.45, 7) is 0. The third-order valence-corrected chi connectivity index (χ3v) is 1.84. The first-order chi connectivity index (χ1) is 6.50. The Balaban J connectivity index is 2.83. The van der Waals surface area contributed by atoms with Gasteiger partial charge in [-0.1, -0.05) is 0 Å². The summed E-state index contributed by atoms with van der Waals surface area (Å²) in [6, 6.07) is 0. The first kappa shape index (κ1) is 10.6. The quantitative estimate of drug-likeness (QED) is 0.802. The normalized spacial score (nSPS) is 13.1. The van der Waals surface area contributed by atoms with Gasteiger partial charge in [-0.2, -0.15) is 5.10 Å². The van der Waals surface area contributed by atoms with Gasteiger partial charge < -0.3 is 5.11 Å². The van der Waals surface area contributed by atoms with Gasteiger partial charge in [-0.05, 0) is 0 Å². The van der Waals surface area contributed by atoms with Crippen LogP contribution in [-0.2, 0) is 11.8 Å². The van der Waals surface area contributed by atoms with Crippen molar-refractivity contribution in [3.8, 4) is 0 Å². The molecule has 78 valence electrons. The van der Waals surface area contributed by atoms with E-state index in [4.69, 9.17) is 5.11 Å². The van der Waals surface area contributed by atoms with E-state index in [1.165, 1.54) is 17.1 Å². The Morgan fingerprint density at radius 1 is 1.71 bits per heavy atom. The lowest BCUT2D eigenvalue weighted by molar-refractivity contribution is -0.139. The average Bonchev–Trinajstić information content (AvgIpc) is 2.46. The maximum absolute atomic E-state index is 12.0. The Morgan fingerprint density at radius 3 is 2.71 bits per heavy atom. The molecule has 1 N–H and O–H groups in total. The summed E-state index contributed by atoms with van der Waals surface area (Å²) >= 11 is 0. The zero-order chi connectivity index (χ0) is 10.7. The van der Waals surface area contributed by atoms with E-state index in [2.05, 4.69) is 5.10 Å². The van der Waals surface area contributed by atoms with Crippen LogP contribution < -0.4 is 0 Å². The molecule has 1 rings (SSSR count). The average molecular weight is 204 g/mol. The summed E-state index contributed by atoms with van der Waals surface area (Å²) in [7, 11) is 1.60. The van der Waals surface area contributed by atoms with Crippen LogP contribution in [0.1, 0.15) is 17.9 Å². The van der Waals surface area contributed by atoms with Crippen molar-refractivity contribution in [2.75, 3.05) is 0 Å². The molecule has 0 aliphatic heterocycles. The van der Waals surface area contributed by atoms with E-state index in [0.717, 1.165) is 0 Å². The predicted molar refractivity (Wildman–Crippen MR) is 44.2 cm³/mol. The van der Waals surface area contributed by atoms with Gasteiger partial charge in [0.1, 0.15) is 0 Å². The molecule has 1 aromatic heterocycles. The van der Waals surface area contributed by atoms with Crippen LogP contribution >= 0.6 is 0 Å². The first-order valence-electron chi connectivity index (χ1n) is 4.00. The third-order valence-electron chi connectivity index (χ3n) is 1.84. The van der Waals surface area contributed by atoms with Gasteiger partial charge in [0, 0.05) is 25.2 Å². The number of carboxylic acid groups (broad SMARTS) is 1. The Morgan fingerprint density at radius 2 is 2.36 bits per heavy atom. The van der Waals surface area contributed by atoms with Crippen LogP contribution in [0.5, 0.6) is 0 Å². The van der Waals surface area contributed by atoms with Gasteiger partial charge in [0.15, 0.2) is 0 Å². The lowest BCUT2D eigenvalue weighted by Gasteiger charge is -2.08. The number of aliphatic carboxylic acids is 1. The monoisotopic (exact) mass is 204 g/mol. The molecule has 0 aromatic carbocycles. The number of carboxylic acids is 1. The van der Waals surface area contributed by atoms with Gasteiger partial charge in [0.25, 0.3) is 0 Å². The van der Waals surface area contributed by atoms with Crippen molar-refractivity contribution >= 4 is 5.97 Å². The van der Waals surface area contributed by atoms with Crippen molar-refractivity contribution in [2.24, 2.45) is 7.05 Å². The predicted octanol–water partition coefficient (Wildman–Crippen LogP) is 1.24. The van der Waals surface area contributed by atoms with Crippen molar-refractivity contribution in [3.63, 3.8) is 0 Å². The highest BCUT2D eigenvalue weighted by Gasteiger charge is 2.25. The first-order valence-corrected chi connectivity index (χ1v) is 4.00. The molecule has 1 heterocycles. The van der Waals surface area contributed by atoms with E-state index in [1.807, 2.05) is 0 Å². The van der Waals surface area contributed by atoms with Crippen molar-refractivity contribution < 1.29 is 18.7 Å². The number of nitrogens with zero attached hydrogens (tertiary/aromatic N) is 2. The van der Waals surface area contributed by atoms with E-state index >= 15 is 0 Å². The molecule has 1 aromatic rings. The summed E-state index contributed by atoms with van der Waals surface area (Å²) in [4.78, 5) is 10.7. The standard InChI is InChI=1S/C8H10F2N2O2/c1-12-4-5(3-11-12)6(8(13)14)2-7(9)10/h3-4,6-7H,2H2,1H3,(H,13,14). The van der Waals surface area contributed by atoms with Crippen molar-refractivity contribution in [3.05, 3.63) is 18.0 Å².